The Balaban J connectivity index is 1.91. The molecule has 6 heteroatoms. The number of rotatable bonds is 4. The van der Waals surface area contributed by atoms with Gasteiger partial charge in [-0.3, -0.25) is 0 Å². The van der Waals surface area contributed by atoms with Crippen LogP contribution in [0.5, 0.6) is 0 Å². The standard InChI is InChI=1S/C18H26BFO4/c1-17(2)18(3,4)24-19(23-17)14-8-6-7-13(15(14)20)16(21-5)12-9-10-22-11-12/h6-8,12,16H,9-11H2,1-5H3. The van der Waals surface area contributed by atoms with Gasteiger partial charge in [0.15, 0.2) is 0 Å². The first-order valence-corrected chi connectivity index (χ1v) is 8.51. The molecule has 0 amide bonds. The minimum absolute atomic E-state index is 0.165. The van der Waals surface area contributed by atoms with Crippen molar-refractivity contribution in [3.05, 3.63) is 29.6 Å². The Bertz CT molecular complexity index is 583. The highest BCUT2D eigenvalue weighted by Crippen LogP contribution is 2.37. The van der Waals surface area contributed by atoms with Gasteiger partial charge in [0.2, 0.25) is 0 Å². The zero-order valence-electron chi connectivity index (χ0n) is 15.1. The van der Waals surface area contributed by atoms with Crippen molar-refractivity contribution in [1.82, 2.24) is 0 Å². The van der Waals surface area contributed by atoms with Crippen LogP contribution in [0.15, 0.2) is 18.2 Å². The zero-order valence-corrected chi connectivity index (χ0v) is 15.1. The molecule has 3 rings (SSSR count). The van der Waals surface area contributed by atoms with Gasteiger partial charge in [-0.05, 0) is 34.1 Å². The highest BCUT2D eigenvalue weighted by Gasteiger charge is 2.52. The topological polar surface area (TPSA) is 36.9 Å². The van der Waals surface area contributed by atoms with E-state index in [1.54, 1.807) is 19.2 Å². The lowest BCUT2D eigenvalue weighted by Crippen LogP contribution is -2.41. The lowest BCUT2D eigenvalue weighted by atomic mass is 9.76. The van der Waals surface area contributed by atoms with Crippen LogP contribution >= 0.6 is 0 Å². The molecule has 0 spiro atoms. The van der Waals surface area contributed by atoms with E-state index in [0.717, 1.165) is 6.42 Å². The van der Waals surface area contributed by atoms with Crippen LogP contribution in [-0.2, 0) is 18.8 Å². The molecule has 0 aromatic heterocycles. The molecule has 0 aliphatic carbocycles. The number of hydrogen-bond donors (Lipinski definition) is 0. The van der Waals surface area contributed by atoms with E-state index >= 15 is 4.39 Å². The van der Waals surface area contributed by atoms with Gasteiger partial charge in [-0.15, -0.1) is 0 Å². The Morgan fingerprint density at radius 1 is 1.21 bits per heavy atom. The summed E-state index contributed by atoms with van der Waals surface area (Å²) >= 11 is 0. The number of methoxy groups -OCH3 is 1. The first kappa shape index (κ1) is 17.9. The summed E-state index contributed by atoms with van der Waals surface area (Å²) in [4.78, 5) is 0. The fourth-order valence-corrected chi connectivity index (χ4v) is 3.31. The third-order valence-corrected chi connectivity index (χ3v) is 5.52. The Hall–Kier alpha value is -0.945. The van der Waals surface area contributed by atoms with E-state index in [2.05, 4.69) is 0 Å². The van der Waals surface area contributed by atoms with E-state index in [4.69, 9.17) is 18.8 Å². The highest BCUT2D eigenvalue weighted by molar-refractivity contribution is 6.62. The van der Waals surface area contributed by atoms with Gasteiger partial charge in [0.05, 0.1) is 23.9 Å². The molecule has 2 atom stereocenters. The van der Waals surface area contributed by atoms with Gasteiger partial charge in [-0.2, -0.15) is 0 Å². The molecule has 0 saturated carbocycles. The monoisotopic (exact) mass is 336 g/mol. The zero-order chi connectivity index (χ0) is 17.5. The largest absolute Gasteiger partial charge is 0.497 e. The van der Waals surface area contributed by atoms with Crippen LogP contribution in [0.2, 0.25) is 0 Å². The third kappa shape index (κ3) is 3.01. The molecule has 1 aromatic carbocycles. The van der Waals surface area contributed by atoms with Gasteiger partial charge in [0.1, 0.15) is 5.82 Å². The third-order valence-electron chi connectivity index (χ3n) is 5.52. The number of halogens is 1. The van der Waals surface area contributed by atoms with E-state index in [0.29, 0.717) is 24.2 Å². The average molecular weight is 336 g/mol. The first-order valence-electron chi connectivity index (χ1n) is 8.51. The molecule has 2 aliphatic heterocycles. The van der Waals surface area contributed by atoms with Gasteiger partial charge < -0.3 is 18.8 Å². The second-order valence-corrected chi connectivity index (χ2v) is 7.62. The van der Waals surface area contributed by atoms with Crippen LogP contribution in [0.4, 0.5) is 4.39 Å². The molecule has 2 unspecified atom stereocenters. The molecule has 4 nitrogen and oxygen atoms in total. The van der Waals surface area contributed by atoms with Crippen LogP contribution in [0.1, 0.15) is 45.8 Å². The van der Waals surface area contributed by atoms with E-state index in [9.17, 15) is 0 Å². The van der Waals surface area contributed by atoms with Gasteiger partial charge in [-0.25, -0.2) is 4.39 Å². The number of ether oxygens (including phenoxy) is 2. The van der Waals surface area contributed by atoms with Crippen LogP contribution in [0.25, 0.3) is 0 Å². The van der Waals surface area contributed by atoms with E-state index in [1.807, 2.05) is 33.8 Å². The van der Waals surface area contributed by atoms with Crippen LogP contribution in [0.3, 0.4) is 0 Å². The van der Waals surface area contributed by atoms with Crippen molar-refractivity contribution < 1.29 is 23.2 Å². The summed E-state index contributed by atoms with van der Waals surface area (Å²) in [7, 11) is 0.899. The minimum atomic E-state index is -0.715. The Kier molecular flexibility index (Phi) is 4.77. The van der Waals surface area contributed by atoms with Gasteiger partial charge in [0, 0.05) is 30.7 Å². The summed E-state index contributed by atoms with van der Waals surface area (Å²) in [5, 5.41) is 0. The van der Waals surface area contributed by atoms with Gasteiger partial charge >= 0.3 is 7.12 Å². The molecule has 0 N–H and O–H groups in total. The molecular formula is C18H26BFO4. The molecule has 24 heavy (non-hydrogen) atoms. The van der Waals surface area contributed by atoms with Crippen LogP contribution in [-0.4, -0.2) is 38.6 Å². The molecule has 1 aromatic rings. The van der Waals surface area contributed by atoms with Crippen molar-refractivity contribution in [2.24, 2.45) is 5.92 Å². The lowest BCUT2D eigenvalue weighted by Gasteiger charge is -2.32. The smallest absolute Gasteiger partial charge is 0.399 e. The summed E-state index contributed by atoms with van der Waals surface area (Å²) < 4.78 is 38.3. The van der Waals surface area contributed by atoms with Gasteiger partial charge in [-0.1, -0.05) is 18.2 Å². The predicted molar refractivity (Wildman–Crippen MR) is 90.8 cm³/mol. The maximum absolute atomic E-state index is 15.2. The van der Waals surface area contributed by atoms with Crippen molar-refractivity contribution in [3.8, 4) is 0 Å². The van der Waals surface area contributed by atoms with Crippen LogP contribution < -0.4 is 5.46 Å². The fraction of sp³-hybridized carbons (Fsp3) is 0.667. The van der Waals surface area contributed by atoms with Crippen molar-refractivity contribution >= 4 is 12.6 Å². The normalized spacial score (nSPS) is 26.8. The maximum Gasteiger partial charge on any atom is 0.497 e. The van der Waals surface area contributed by atoms with Crippen molar-refractivity contribution in [3.63, 3.8) is 0 Å². The Morgan fingerprint density at radius 2 is 1.88 bits per heavy atom. The summed E-state index contributed by atoms with van der Waals surface area (Å²) in [6, 6.07) is 5.33. The second-order valence-electron chi connectivity index (χ2n) is 7.62. The van der Waals surface area contributed by atoms with Crippen LogP contribution in [0, 0.1) is 11.7 Å². The average Bonchev–Trinajstić information content (AvgIpc) is 3.09. The Morgan fingerprint density at radius 3 is 2.42 bits per heavy atom. The maximum atomic E-state index is 15.2. The quantitative estimate of drug-likeness (QED) is 0.793. The predicted octanol–water partition coefficient (Wildman–Crippen LogP) is 2.85. The van der Waals surface area contributed by atoms with Gasteiger partial charge in [0.25, 0.3) is 0 Å². The number of benzene rings is 1. The van der Waals surface area contributed by atoms with Crippen molar-refractivity contribution in [2.45, 2.75) is 51.4 Å². The minimum Gasteiger partial charge on any atom is -0.399 e. The molecule has 132 valence electrons. The van der Waals surface area contributed by atoms with E-state index in [-0.39, 0.29) is 17.8 Å². The molecule has 2 aliphatic rings. The SMILES string of the molecule is COC(c1cccc(B2OC(C)(C)C(C)(C)O2)c1F)C1CCOC1. The first-order chi connectivity index (χ1) is 11.3. The molecular weight excluding hydrogens is 310 g/mol. The van der Waals surface area contributed by atoms with E-state index < -0.39 is 18.3 Å². The summed E-state index contributed by atoms with van der Waals surface area (Å²) in [5.41, 5.74) is -0.0348. The molecule has 2 fully saturated rings. The summed E-state index contributed by atoms with van der Waals surface area (Å²) in [6.07, 6.45) is 0.549. The lowest BCUT2D eigenvalue weighted by molar-refractivity contribution is 0.00578. The number of hydrogen-bond acceptors (Lipinski definition) is 4. The summed E-state index contributed by atoms with van der Waals surface area (Å²) in [5.74, 6) is -0.146. The molecule has 0 radical (unpaired) electrons. The van der Waals surface area contributed by atoms with Crippen molar-refractivity contribution in [1.29, 1.82) is 0 Å². The Labute approximate surface area is 143 Å². The molecule has 0 bridgehead atoms. The second kappa shape index (κ2) is 6.41. The highest BCUT2D eigenvalue weighted by atomic mass is 19.1. The van der Waals surface area contributed by atoms with Crippen molar-refractivity contribution in [2.75, 3.05) is 20.3 Å². The van der Waals surface area contributed by atoms with E-state index in [1.165, 1.54) is 0 Å². The molecule has 2 heterocycles. The fourth-order valence-electron chi connectivity index (χ4n) is 3.31. The summed E-state index contributed by atoms with van der Waals surface area (Å²) in [6.45, 7) is 9.14. The molecule has 2 saturated heterocycles.